The first-order chi connectivity index (χ1) is 8.17. The molecule has 17 heavy (non-hydrogen) atoms. The molecule has 1 aromatic carbocycles. The number of hydrogen-bond acceptors (Lipinski definition) is 3. The highest BCUT2D eigenvalue weighted by Crippen LogP contribution is 2.26. The van der Waals surface area contributed by atoms with Crippen molar-refractivity contribution in [3.05, 3.63) is 28.2 Å². The van der Waals surface area contributed by atoms with Crippen LogP contribution in [-0.4, -0.2) is 26.1 Å². The summed E-state index contributed by atoms with van der Waals surface area (Å²) in [6, 6.07) is 5.11. The van der Waals surface area contributed by atoms with Crippen molar-refractivity contribution in [2.75, 3.05) is 19.8 Å². The van der Waals surface area contributed by atoms with Crippen LogP contribution >= 0.6 is 23.2 Å². The molecule has 0 radical (unpaired) electrons. The molecule has 0 amide bonds. The molecular formula is C12H16Cl2O3. The minimum absolute atomic E-state index is 0.319. The Bertz CT molecular complexity index is 339. The van der Waals surface area contributed by atoms with Gasteiger partial charge in [0.15, 0.2) is 6.29 Å². The third kappa shape index (κ3) is 5.13. The van der Waals surface area contributed by atoms with Crippen LogP contribution in [0.2, 0.25) is 10.0 Å². The van der Waals surface area contributed by atoms with Gasteiger partial charge in [0.2, 0.25) is 0 Å². The number of rotatable bonds is 7. The summed E-state index contributed by atoms with van der Waals surface area (Å²) in [4.78, 5) is 0. The Morgan fingerprint density at radius 3 is 2.24 bits per heavy atom. The van der Waals surface area contributed by atoms with Gasteiger partial charge in [-0.1, -0.05) is 23.2 Å². The zero-order valence-corrected chi connectivity index (χ0v) is 11.4. The third-order valence-electron chi connectivity index (χ3n) is 1.98. The summed E-state index contributed by atoms with van der Waals surface area (Å²) in [5.74, 6) is 0.642. The van der Waals surface area contributed by atoms with Crippen molar-refractivity contribution in [2.45, 2.75) is 20.1 Å². The summed E-state index contributed by atoms with van der Waals surface area (Å²) in [7, 11) is 0. The molecular weight excluding hydrogens is 263 g/mol. The van der Waals surface area contributed by atoms with E-state index in [0.717, 1.165) is 0 Å². The minimum atomic E-state index is -0.362. The Kier molecular flexibility index (Phi) is 6.66. The average molecular weight is 279 g/mol. The molecule has 5 heteroatoms. The van der Waals surface area contributed by atoms with Crippen molar-refractivity contribution in [1.82, 2.24) is 0 Å². The summed E-state index contributed by atoms with van der Waals surface area (Å²) >= 11 is 11.7. The third-order valence-corrected chi connectivity index (χ3v) is 2.72. The summed E-state index contributed by atoms with van der Waals surface area (Å²) in [5, 5.41) is 0.971. The molecule has 0 aliphatic carbocycles. The van der Waals surface area contributed by atoms with E-state index in [0.29, 0.717) is 35.6 Å². The van der Waals surface area contributed by atoms with Crippen LogP contribution in [0.15, 0.2) is 18.2 Å². The number of benzene rings is 1. The van der Waals surface area contributed by atoms with Gasteiger partial charge >= 0.3 is 0 Å². The molecule has 0 atom stereocenters. The van der Waals surface area contributed by atoms with E-state index >= 15 is 0 Å². The number of hydrogen-bond donors (Lipinski definition) is 0. The molecule has 0 heterocycles. The zero-order valence-electron chi connectivity index (χ0n) is 9.91. The van der Waals surface area contributed by atoms with Gasteiger partial charge in [-0.05, 0) is 26.0 Å². The fourth-order valence-electron chi connectivity index (χ4n) is 1.25. The lowest BCUT2D eigenvalue weighted by Crippen LogP contribution is -2.25. The van der Waals surface area contributed by atoms with E-state index in [-0.39, 0.29) is 6.29 Å². The fraction of sp³-hybridized carbons (Fsp3) is 0.500. The highest BCUT2D eigenvalue weighted by atomic mass is 35.5. The molecule has 0 aromatic heterocycles. The maximum absolute atomic E-state index is 5.88. The van der Waals surface area contributed by atoms with E-state index in [1.54, 1.807) is 18.2 Å². The highest BCUT2D eigenvalue weighted by molar-refractivity contribution is 6.42. The molecule has 1 aromatic rings. The van der Waals surface area contributed by atoms with Gasteiger partial charge in [0, 0.05) is 19.3 Å². The quantitative estimate of drug-likeness (QED) is 0.711. The summed E-state index contributed by atoms with van der Waals surface area (Å²) in [6.07, 6.45) is -0.362. The average Bonchev–Trinajstić information content (AvgIpc) is 2.31. The molecule has 3 nitrogen and oxygen atoms in total. The topological polar surface area (TPSA) is 27.7 Å². The van der Waals surface area contributed by atoms with Crippen LogP contribution in [0.3, 0.4) is 0 Å². The molecule has 0 saturated heterocycles. The lowest BCUT2D eigenvalue weighted by Gasteiger charge is -2.17. The number of halogens is 2. The molecule has 1 rings (SSSR count). The monoisotopic (exact) mass is 278 g/mol. The minimum Gasteiger partial charge on any atom is -0.488 e. The van der Waals surface area contributed by atoms with Crippen LogP contribution in [0.25, 0.3) is 0 Å². The van der Waals surface area contributed by atoms with Gasteiger partial charge in [-0.2, -0.15) is 0 Å². The van der Waals surface area contributed by atoms with Gasteiger partial charge < -0.3 is 14.2 Å². The molecule has 0 spiro atoms. The lowest BCUT2D eigenvalue weighted by atomic mass is 10.3. The van der Waals surface area contributed by atoms with Crippen LogP contribution in [0.5, 0.6) is 5.75 Å². The normalized spacial score (nSPS) is 10.9. The Morgan fingerprint density at radius 1 is 1.06 bits per heavy atom. The first-order valence-electron chi connectivity index (χ1n) is 5.48. The first-order valence-corrected chi connectivity index (χ1v) is 6.24. The highest BCUT2D eigenvalue weighted by Gasteiger charge is 2.09. The van der Waals surface area contributed by atoms with Crippen LogP contribution < -0.4 is 4.74 Å². The van der Waals surface area contributed by atoms with E-state index in [1.807, 2.05) is 13.8 Å². The molecule has 0 saturated carbocycles. The van der Waals surface area contributed by atoms with Crippen LogP contribution in [0.1, 0.15) is 13.8 Å². The fourth-order valence-corrected chi connectivity index (χ4v) is 1.54. The smallest absolute Gasteiger partial charge is 0.191 e. The maximum atomic E-state index is 5.88. The van der Waals surface area contributed by atoms with Crippen molar-refractivity contribution in [3.8, 4) is 5.75 Å². The lowest BCUT2D eigenvalue weighted by molar-refractivity contribution is -0.152. The summed E-state index contributed by atoms with van der Waals surface area (Å²) in [5.41, 5.74) is 0. The maximum Gasteiger partial charge on any atom is 0.191 e. The Balaban J connectivity index is 2.49. The molecule has 0 aliphatic rings. The predicted octanol–water partition coefficient (Wildman–Crippen LogP) is 3.77. The van der Waals surface area contributed by atoms with E-state index in [1.165, 1.54) is 0 Å². The van der Waals surface area contributed by atoms with Crippen LogP contribution in [-0.2, 0) is 9.47 Å². The van der Waals surface area contributed by atoms with Gasteiger partial charge in [-0.15, -0.1) is 0 Å². The molecule has 96 valence electrons. The summed E-state index contributed by atoms with van der Waals surface area (Å²) in [6.45, 7) is 5.29. The summed E-state index contributed by atoms with van der Waals surface area (Å²) < 4.78 is 16.2. The van der Waals surface area contributed by atoms with Gasteiger partial charge in [0.1, 0.15) is 12.4 Å². The van der Waals surface area contributed by atoms with Crippen molar-refractivity contribution >= 4 is 23.2 Å². The molecule has 0 bridgehead atoms. The SMILES string of the molecule is CCOC(COc1ccc(Cl)c(Cl)c1)OCC. The van der Waals surface area contributed by atoms with Gasteiger partial charge in [-0.3, -0.25) is 0 Å². The Morgan fingerprint density at radius 2 is 1.71 bits per heavy atom. The second-order valence-corrected chi connectivity index (χ2v) is 4.04. The van der Waals surface area contributed by atoms with Gasteiger partial charge in [0.05, 0.1) is 10.0 Å². The second kappa shape index (κ2) is 7.77. The zero-order chi connectivity index (χ0) is 12.7. The Hall–Kier alpha value is -0.480. The first kappa shape index (κ1) is 14.6. The van der Waals surface area contributed by atoms with E-state index < -0.39 is 0 Å². The molecule has 0 fully saturated rings. The molecule has 0 aliphatic heterocycles. The largest absolute Gasteiger partial charge is 0.488 e. The van der Waals surface area contributed by atoms with Gasteiger partial charge in [-0.25, -0.2) is 0 Å². The standard InChI is InChI=1S/C12H16Cl2O3/c1-3-15-12(16-4-2)8-17-9-5-6-10(13)11(14)7-9/h5-7,12H,3-4,8H2,1-2H3. The Labute approximate surface area is 112 Å². The molecule has 0 N–H and O–H groups in total. The van der Waals surface area contributed by atoms with Crippen molar-refractivity contribution < 1.29 is 14.2 Å². The van der Waals surface area contributed by atoms with E-state index in [9.17, 15) is 0 Å². The van der Waals surface area contributed by atoms with Crippen molar-refractivity contribution in [3.63, 3.8) is 0 Å². The molecule has 0 unspecified atom stereocenters. The number of ether oxygens (including phenoxy) is 3. The van der Waals surface area contributed by atoms with E-state index in [4.69, 9.17) is 37.4 Å². The second-order valence-electron chi connectivity index (χ2n) is 3.23. The predicted molar refractivity (Wildman–Crippen MR) is 69.0 cm³/mol. The van der Waals surface area contributed by atoms with Crippen LogP contribution in [0, 0.1) is 0 Å². The van der Waals surface area contributed by atoms with Gasteiger partial charge in [0.25, 0.3) is 0 Å². The van der Waals surface area contributed by atoms with Crippen molar-refractivity contribution in [2.24, 2.45) is 0 Å². The van der Waals surface area contributed by atoms with Crippen molar-refractivity contribution in [1.29, 1.82) is 0 Å². The van der Waals surface area contributed by atoms with E-state index in [2.05, 4.69) is 0 Å². The van der Waals surface area contributed by atoms with Crippen LogP contribution in [0.4, 0.5) is 0 Å².